The minimum absolute atomic E-state index is 0.0625. The highest BCUT2D eigenvalue weighted by atomic mass is 16.3. The molecule has 0 bridgehead atoms. The third kappa shape index (κ3) is 2.19. The Morgan fingerprint density at radius 2 is 2.18 bits per heavy atom. The predicted octanol–water partition coefficient (Wildman–Crippen LogP) is 2.35. The largest absolute Gasteiger partial charge is 0.459 e. The van der Waals surface area contributed by atoms with Crippen LogP contribution in [-0.4, -0.2) is 23.9 Å². The van der Waals surface area contributed by atoms with Gasteiger partial charge in [-0.2, -0.15) is 5.26 Å². The number of rotatable bonds is 1. The number of carbonyl (C=O) groups excluding carboxylic acids is 1. The van der Waals surface area contributed by atoms with Crippen molar-refractivity contribution in [3.63, 3.8) is 0 Å². The van der Waals surface area contributed by atoms with Gasteiger partial charge in [-0.15, -0.1) is 0 Å². The topological polar surface area (TPSA) is 57.2 Å². The Kier molecular flexibility index (Phi) is 2.93. The summed E-state index contributed by atoms with van der Waals surface area (Å²) in [4.78, 5) is 13.9. The summed E-state index contributed by atoms with van der Waals surface area (Å²) < 4.78 is 5.20. The molecule has 1 saturated heterocycles. The van der Waals surface area contributed by atoms with Crippen molar-refractivity contribution in [3.8, 4) is 6.07 Å². The molecule has 1 amide bonds. The van der Waals surface area contributed by atoms with Crippen molar-refractivity contribution in [1.82, 2.24) is 4.90 Å². The van der Waals surface area contributed by atoms with Crippen LogP contribution >= 0.6 is 0 Å². The molecule has 0 aliphatic carbocycles. The Morgan fingerprint density at radius 1 is 1.53 bits per heavy atom. The Bertz CT molecular complexity index is 462. The van der Waals surface area contributed by atoms with Gasteiger partial charge in [0.2, 0.25) is 0 Å². The first-order valence-corrected chi connectivity index (χ1v) is 5.80. The fourth-order valence-electron chi connectivity index (χ4n) is 2.05. The van der Waals surface area contributed by atoms with Crippen LogP contribution in [0.2, 0.25) is 0 Å². The minimum atomic E-state index is -0.283. The zero-order valence-electron chi connectivity index (χ0n) is 10.2. The summed E-state index contributed by atoms with van der Waals surface area (Å²) in [6.07, 6.45) is 3.00. The van der Waals surface area contributed by atoms with Gasteiger partial charge in [0.1, 0.15) is 0 Å². The number of furan rings is 1. The van der Waals surface area contributed by atoms with Crippen LogP contribution in [-0.2, 0) is 0 Å². The van der Waals surface area contributed by atoms with Gasteiger partial charge in [-0.3, -0.25) is 4.79 Å². The standard InChI is InChI=1S/C13H16N2O2/c1-10-3-8-17-11(10)12(16)15-6-4-13(2,9-14)5-7-15/h3,8H,4-7H2,1-2H3. The van der Waals surface area contributed by atoms with Crippen LogP contribution in [0.5, 0.6) is 0 Å². The Hall–Kier alpha value is -1.76. The molecule has 90 valence electrons. The third-order valence-electron chi connectivity index (χ3n) is 3.48. The van der Waals surface area contributed by atoms with Crippen molar-refractivity contribution in [2.75, 3.05) is 13.1 Å². The second-order valence-electron chi connectivity index (χ2n) is 4.90. The van der Waals surface area contributed by atoms with Gasteiger partial charge in [-0.05, 0) is 32.8 Å². The van der Waals surface area contributed by atoms with Crippen LogP contribution in [0.25, 0.3) is 0 Å². The van der Waals surface area contributed by atoms with Crippen LogP contribution in [0.15, 0.2) is 16.7 Å². The van der Waals surface area contributed by atoms with Gasteiger partial charge in [-0.25, -0.2) is 0 Å². The maximum atomic E-state index is 12.1. The summed E-state index contributed by atoms with van der Waals surface area (Å²) in [6.45, 7) is 5.07. The van der Waals surface area contributed by atoms with E-state index in [1.54, 1.807) is 11.0 Å². The van der Waals surface area contributed by atoms with Crippen molar-refractivity contribution >= 4 is 5.91 Å². The molecule has 4 nitrogen and oxygen atoms in total. The van der Waals surface area contributed by atoms with E-state index >= 15 is 0 Å². The van der Waals surface area contributed by atoms with Crippen molar-refractivity contribution in [3.05, 3.63) is 23.7 Å². The van der Waals surface area contributed by atoms with Gasteiger partial charge < -0.3 is 9.32 Å². The van der Waals surface area contributed by atoms with E-state index in [-0.39, 0.29) is 11.3 Å². The fraction of sp³-hybridized carbons (Fsp3) is 0.538. The maximum Gasteiger partial charge on any atom is 0.289 e. The molecule has 1 fully saturated rings. The number of amides is 1. The van der Waals surface area contributed by atoms with Crippen molar-refractivity contribution < 1.29 is 9.21 Å². The molecule has 0 atom stereocenters. The van der Waals surface area contributed by atoms with E-state index in [0.717, 1.165) is 18.4 Å². The number of nitriles is 1. The number of likely N-dealkylation sites (tertiary alicyclic amines) is 1. The molecule has 2 rings (SSSR count). The Balaban J connectivity index is 2.06. The first-order valence-electron chi connectivity index (χ1n) is 5.80. The highest BCUT2D eigenvalue weighted by molar-refractivity contribution is 5.92. The Labute approximate surface area is 101 Å². The number of nitrogens with zero attached hydrogens (tertiary/aromatic N) is 2. The van der Waals surface area contributed by atoms with Crippen LogP contribution < -0.4 is 0 Å². The second kappa shape index (κ2) is 4.25. The highest BCUT2D eigenvalue weighted by Gasteiger charge is 2.33. The van der Waals surface area contributed by atoms with E-state index in [4.69, 9.17) is 9.68 Å². The van der Waals surface area contributed by atoms with Crippen molar-refractivity contribution in [2.45, 2.75) is 26.7 Å². The number of carbonyl (C=O) groups is 1. The summed E-state index contributed by atoms with van der Waals surface area (Å²) in [6, 6.07) is 4.11. The zero-order valence-corrected chi connectivity index (χ0v) is 10.2. The van der Waals surface area contributed by atoms with E-state index in [2.05, 4.69) is 6.07 Å². The third-order valence-corrected chi connectivity index (χ3v) is 3.48. The molecule has 1 aromatic rings. The highest BCUT2D eigenvalue weighted by Crippen LogP contribution is 2.30. The van der Waals surface area contributed by atoms with Gasteiger partial charge in [0, 0.05) is 18.7 Å². The molecule has 0 radical (unpaired) electrons. The lowest BCUT2D eigenvalue weighted by atomic mass is 9.82. The van der Waals surface area contributed by atoms with Crippen LogP contribution in [0.4, 0.5) is 0 Å². The number of hydrogen-bond acceptors (Lipinski definition) is 3. The van der Waals surface area contributed by atoms with Crippen molar-refractivity contribution in [2.24, 2.45) is 5.41 Å². The average Bonchev–Trinajstić information content (AvgIpc) is 2.76. The second-order valence-corrected chi connectivity index (χ2v) is 4.90. The summed E-state index contributed by atoms with van der Waals surface area (Å²) in [5.41, 5.74) is 0.582. The van der Waals surface area contributed by atoms with E-state index in [1.807, 2.05) is 13.8 Å². The Morgan fingerprint density at radius 3 is 2.65 bits per heavy atom. The molecule has 0 aromatic carbocycles. The lowest BCUT2D eigenvalue weighted by Crippen LogP contribution is -2.41. The number of aryl methyl sites for hydroxylation is 1. The summed E-state index contributed by atoms with van der Waals surface area (Å²) in [5, 5.41) is 9.03. The molecular formula is C13H16N2O2. The maximum absolute atomic E-state index is 12.1. The van der Waals surface area contributed by atoms with E-state index in [9.17, 15) is 4.79 Å². The van der Waals surface area contributed by atoms with Gasteiger partial charge in [0.05, 0.1) is 17.7 Å². The molecular weight excluding hydrogens is 216 g/mol. The fourth-order valence-corrected chi connectivity index (χ4v) is 2.05. The molecule has 4 heteroatoms. The predicted molar refractivity (Wildman–Crippen MR) is 62.3 cm³/mol. The first-order chi connectivity index (χ1) is 8.06. The van der Waals surface area contributed by atoms with Gasteiger partial charge >= 0.3 is 0 Å². The summed E-state index contributed by atoms with van der Waals surface area (Å²) >= 11 is 0. The van der Waals surface area contributed by atoms with E-state index in [1.165, 1.54) is 6.26 Å². The van der Waals surface area contributed by atoms with Gasteiger partial charge in [-0.1, -0.05) is 0 Å². The van der Waals surface area contributed by atoms with Gasteiger partial charge in [0.15, 0.2) is 5.76 Å². The van der Waals surface area contributed by atoms with E-state index in [0.29, 0.717) is 18.8 Å². The molecule has 1 aliphatic rings. The molecule has 17 heavy (non-hydrogen) atoms. The monoisotopic (exact) mass is 232 g/mol. The molecule has 0 N–H and O–H groups in total. The smallest absolute Gasteiger partial charge is 0.289 e. The SMILES string of the molecule is Cc1ccoc1C(=O)N1CCC(C)(C#N)CC1. The van der Waals surface area contributed by atoms with Crippen LogP contribution in [0, 0.1) is 23.7 Å². The molecule has 0 spiro atoms. The minimum Gasteiger partial charge on any atom is -0.459 e. The lowest BCUT2D eigenvalue weighted by Gasteiger charge is -2.34. The van der Waals surface area contributed by atoms with Crippen LogP contribution in [0.3, 0.4) is 0 Å². The normalized spacial score (nSPS) is 18.8. The van der Waals surface area contributed by atoms with Gasteiger partial charge in [0.25, 0.3) is 5.91 Å². The quantitative estimate of drug-likeness (QED) is 0.746. The molecule has 0 unspecified atom stereocenters. The molecule has 2 heterocycles. The summed E-state index contributed by atoms with van der Waals surface area (Å²) in [7, 11) is 0. The van der Waals surface area contributed by atoms with Crippen LogP contribution in [0.1, 0.15) is 35.9 Å². The number of piperidine rings is 1. The number of hydrogen-bond donors (Lipinski definition) is 0. The summed E-state index contributed by atoms with van der Waals surface area (Å²) in [5.74, 6) is 0.359. The zero-order chi connectivity index (χ0) is 12.5. The van der Waals surface area contributed by atoms with Crippen molar-refractivity contribution in [1.29, 1.82) is 5.26 Å². The average molecular weight is 232 g/mol. The first kappa shape index (κ1) is 11.7. The molecule has 0 saturated carbocycles. The lowest BCUT2D eigenvalue weighted by molar-refractivity contribution is 0.0629. The van der Waals surface area contributed by atoms with E-state index < -0.39 is 0 Å². The molecule has 1 aromatic heterocycles. The molecule has 1 aliphatic heterocycles.